The quantitative estimate of drug-likeness (QED) is 0.720. The van der Waals surface area contributed by atoms with E-state index in [1.807, 2.05) is 24.3 Å². The standard InChI is InChI=1S/C17H25ClN2O2/c1-17(2,14-5-7-15(18)8-6-14)12-20-16(21)19-9-10-22-11-13-3-4-13/h5-8,13H,3-4,9-12H2,1-2H3,(H2,19,20,21). The van der Waals surface area contributed by atoms with Gasteiger partial charge in [0.1, 0.15) is 0 Å². The van der Waals surface area contributed by atoms with Gasteiger partial charge in [0.05, 0.1) is 6.61 Å². The lowest BCUT2D eigenvalue weighted by molar-refractivity contribution is 0.127. The van der Waals surface area contributed by atoms with E-state index in [4.69, 9.17) is 16.3 Å². The number of urea groups is 1. The summed E-state index contributed by atoms with van der Waals surface area (Å²) in [4.78, 5) is 11.8. The molecule has 2 amide bonds. The molecule has 1 saturated carbocycles. The monoisotopic (exact) mass is 324 g/mol. The predicted octanol–water partition coefficient (Wildman–Crippen LogP) is 3.34. The van der Waals surface area contributed by atoms with E-state index in [0.29, 0.717) is 19.7 Å². The Kier molecular flexibility index (Phi) is 6.09. The molecule has 22 heavy (non-hydrogen) atoms. The topological polar surface area (TPSA) is 50.4 Å². The number of rotatable bonds is 8. The lowest BCUT2D eigenvalue weighted by Crippen LogP contribution is -2.43. The molecule has 0 bridgehead atoms. The number of amides is 2. The molecular weight excluding hydrogens is 300 g/mol. The predicted molar refractivity (Wildman–Crippen MR) is 89.4 cm³/mol. The zero-order chi connectivity index (χ0) is 16.0. The molecule has 1 fully saturated rings. The molecule has 4 nitrogen and oxygen atoms in total. The Morgan fingerprint density at radius 2 is 1.95 bits per heavy atom. The number of nitrogens with one attached hydrogen (secondary N) is 2. The summed E-state index contributed by atoms with van der Waals surface area (Å²) in [5.41, 5.74) is 0.995. The maximum Gasteiger partial charge on any atom is 0.314 e. The summed E-state index contributed by atoms with van der Waals surface area (Å²) in [5, 5.41) is 6.44. The van der Waals surface area contributed by atoms with Crippen LogP contribution in [0.4, 0.5) is 4.79 Å². The zero-order valence-electron chi connectivity index (χ0n) is 13.3. The Balaban J connectivity index is 1.64. The summed E-state index contributed by atoms with van der Waals surface area (Å²) in [6, 6.07) is 7.57. The maximum absolute atomic E-state index is 11.8. The SMILES string of the molecule is CC(C)(CNC(=O)NCCOCC1CC1)c1ccc(Cl)cc1. The summed E-state index contributed by atoms with van der Waals surface area (Å²) in [6.07, 6.45) is 2.57. The molecule has 1 aliphatic carbocycles. The first-order chi connectivity index (χ1) is 10.5. The van der Waals surface area contributed by atoms with E-state index < -0.39 is 0 Å². The smallest absolute Gasteiger partial charge is 0.314 e. The van der Waals surface area contributed by atoms with E-state index in [1.165, 1.54) is 12.8 Å². The average Bonchev–Trinajstić information content (AvgIpc) is 3.29. The van der Waals surface area contributed by atoms with Crippen LogP contribution in [0.1, 0.15) is 32.3 Å². The van der Waals surface area contributed by atoms with Gasteiger partial charge in [-0.25, -0.2) is 4.79 Å². The van der Waals surface area contributed by atoms with E-state index in [9.17, 15) is 4.79 Å². The Hall–Kier alpha value is -1.26. The molecule has 2 N–H and O–H groups in total. The fourth-order valence-corrected chi connectivity index (χ4v) is 2.26. The minimum Gasteiger partial charge on any atom is -0.379 e. The average molecular weight is 325 g/mol. The molecule has 0 atom stereocenters. The molecule has 0 saturated heterocycles. The zero-order valence-corrected chi connectivity index (χ0v) is 14.1. The molecule has 1 aliphatic rings. The van der Waals surface area contributed by atoms with Crippen LogP contribution in [0.25, 0.3) is 0 Å². The van der Waals surface area contributed by atoms with Gasteiger partial charge in [0.25, 0.3) is 0 Å². The molecule has 0 unspecified atom stereocenters. The Bertz CT molecular complexity index is 484. The van der Waals surface area contributed by atoms with Gasteiger partial charge >= 0.3 is 6.03 Å². The summed E-state index contributed by atoms with van der Waals surface area (Å²) in [7, 11) is 0. The van der Waals surface area contributed by atoms with Crippen LogP contribution in [0.15, 0.2) is 24.3 Å². The van der Waals surface area contributed by atoms with Crippen LogP contribution in [-0.2, 0) is 10.2 Å². The van der Waals surface area contributed by atoms with Gasteiger partial charge in [-0.1, -0.05) is 37.6 Å². The highest BCUT2D eigenvalue weighted by atomic mass is 35.5. The Morgan fingerprint density at radius 3 is 2.59 bits per heavy atom. The van der Waals surface area contributed by atoms with Gasteiger partial charge in [0.15, 0.2) is 0 Å². The highest BCUT2D eigenvalue weighted by molar-refractivity contribution is 6.30. The van der Waals surface area contributed by atoms with Crippen LogP contribution in [-0.4, -0.2) is 32.3 Å². The van der Waals surface area contributed by atoms with E-state index in [-0.39, 0.29) is 11.4 Å². The lowest BCUT2D eigenvalue weighted by Gasteiger charge is -2.25. The molecule has 0 radical (unpaired) electrons. The van der Waals surface area contributed by atoms with Gasteiger partial charge in [-0.2, -0.15) is 0 Å². The molecule has 5 heteroatoms. The first kappa shape index (κ1) is 17.1. The van der Waals surface area contributed by atoms with Gasteiger partial charge in [-0.05, 0) is 36.5 Å². The van der Waals surface area contributed by atoms with Crippen LogP contribution in [0.3, 0.4) is 0 Å². The van der Waals surface area contributed by atoms with Crippen LogP contribution in [0.2, 0.25) is 5.02 Å². The van der Waals surface area contributed by atoms with Gasteiger partial charge in [0.2, 0.25) is 0 Å². The second-order valence-corrected chi connectivity index (χ2v) is 6.95. The van der Waals surface area contributed by atoms with Crippen molar-refractivity contribution in [3.05, 3.63) is 34.9 Å². The normalized spacial score (nSPS) is 14.7. The van der Waals surface area contributed by atoms with E-state index in [0.717, 1.165) is 23.1 Å². The largest absolute Gasteiger partial charge is 0.379 e. The van der Waals surface area contributed by atoms with Gasteiger partial charge in [-0.15, -0.1) is 0 Å². The number of ether oxygens (including phenoxy) is 1. The summed E-state index contributed by atoms with van der Waals surface area (Å²) in [6.45, 7) is 6.69. The molecule has 0 spiro atoms. The van der Waals surface area contributed by atoms with Crippen LogP contribution in [0, 0.1) is 5.92 Å². The van der Waals surface area contributed by atoms with Crippen molar-refractivity contribution in [2.45, 2.75) is 32.1 Å². The van der Waals surface area contributed by atoms with Crippen LogP contribution in [0.5, 0.6) is 0 Å². The van der Waals surface area contributed by atoms with E-state index in [1.54, 1.807) is 0 Å². The minimum atomic E-state index is -0.155. The number of halogens is 1. The fraction of sp³-hybridized carbons (Fsp3) is 0.588. The molecular formula is C17H25ClN2O2. The van der Waals surface area contributed by atoms with Crippen molar-refractivity contribution in [1.29, 1.82) is 0 Å². The summed E-state index contributed by atoms with van der Waals surface area (Å²) < 4.78 is 5.48. The van der Waals surface area contributed by atoms with Crippen molar-refractivity contribution in [3.63, 3.8) is 0 Å². The second-order valence-electron chi connectivity index (χ2n) is 6.52. The Morgan fingerprint density at radius 1 is 1.27 bits per heavy atom. The van der Waals surface area contributed by atoms with Gasteiger partial charge in [0, 0.05) is 30.1 Å². The summed E-state index contributed by atoms with van der Waals surface area (Å²) >= 11 is 5.90. The first-order valence-corrected chi connectivity index (χ1v) is 8.21. The number of hydrogen-bond acceptors (Lipinski definition) is 2. The first-order valence-electron chi connectivity index (χ1n) is 7.83. The van der Waals surface area contributed by atoms with Crippen molar-refractivity contribution < 1.29 is 9.53 Å². The highest BCUT2D eigenvalue weighted by Crippen LogP contribution is 2.28. The van der Waals surface area contributed by atoms with Gasteiger partial charge < -0.3 is 15.4 Å². The van der Waals surface area contributed by atoms with E-state index in [2.05, 4.69) is 24.5 Å². The summed E-state index contributed by atoms with van der Waals surface area (Å²) in [5.74, 6) is 0.758. The maximum atomic E-state index is 11.8. The van der Waals surface area contributed by atoms with Crippen molar-refractivity contribution in [2.75, 3.05) is 26.3 Å². The molecule has 0 aliphatic heterocycles. The lowest BCUT2D eigenvalue weighted by atomic mass is 9.85. The minimum absolute atomic E-state index is 0.148. The second kappa shape index (κ2) is 7.84. The van der Waals surface area contributed by atoms with Crippen LogP contribution < -0.4 is 10.6 Å². The number of benzene rings is 1. The van der Waals surface area contributed by atoms with Gasteiger partial charge in [-0.3, -0.25) is 0 Å². The van der Waals surface area contributed by atoms with Crippen molar-refractivity contribution >= 4 is 17.6 Å². The molecule has 0 heterocycles. The highest BCUT2D eigenvalue weighted by Gasteiger charge is 2.22. The van der Waals surface area contributed by atoms with E-state index >= 15 is 0 Å². The number of hydrogen-bond donors (Lipinski definition) is 2. The molecule has 0 aromatic heterocycles. The third kappa shape index (κ3) is 5.85. The van der Waals surface area contributed by atoms with Crippen molar-refractivity contribution in [3.8, 4) is 0 Å². The molecule has 1 aromatic rings. The van der Waals surface area contributed by atoms with Crippen LogP contribution >= 0.6 is 11.6 Å². The molecule has 1 aromatic carbocycles. The molecule has 122 valence electrons. The number of carbonyl (C=O) groups excluding carboxylic acids is 1. The molecule has 2 rings (SSSR count). The third-order valence-electron chi connectivity index (χ3n) is 3.90. The third-order valence-corrected chi connectivity index (χ3v) is 4.15. The van der Waals surface area contributed by atoms with Crippen molar-refractivity contribution in [2.24, 2.45) is 5.92 Å². The van der Waals surface area contributed by atoms with Crippen molar-refractivity contribution in [1.82, 2.24) is 10.6 Å². The fourth-order valence-electron chi connectivity index (χ4n) is 2.14. The Labute approximate surface area is 137 Å². The number of carbonyl (C=O) groups is 1.